The van der Waals surface area contributed by atoms with Crippen molar-refractivity contribution in [1.29, 1.82) is 0 Å². The molecule has 0 aliphatic rings. The summed E-state index contributed by atoms with van der Waals surface area (Å²) in [7, 11) is 1.33. The number of ether oxygens (including phenoxy) is 2. The topological polar surface area (TPSA) is 76.7 Å². The van der Waals surface area contributed by atoms with Crippen molar-refractivity contribution >= 4 is 28.3 Å². The van der Waals surface area contributed by atoms with Crippen molar-refractivity contribution in [3.05, 3.63) is 16.5 Å². The third kappa shape index (κ3) is 7.44. The highest BCUT2D eigenvalue weighted by Gasteiger charge is 2.24. The van der Waals surface area contributed by atoms with Gasteiger partial charge in [0.2, 0.25) is 0 Å². The lowest BCUT2D eigenvalue weighted by Crippen LogP contribution is -2.30. The molecule has 1 aromatic rings. The molecule has 0 saturated heterocycles. The van der Waals surface area contributed by atoms with Gasteiger partial charge in [-0.05, 0) is 23.8 Å². The maximum Gasteiger partial charge on any atom is 0.340 e. The van der Waals surface area contributed by atoms with Crippen LogP contribution in [0, 0.1) is 5.92 Å². The summed E-state index contributed by atoms with van der Waals surface area (Å²) in [6.07, 6.45) is 0.738. The number of carbonyl (C=O) groups is 2. The van der Waals surface area contributed by atoms with Crippen molar-refractivity contribution in [3.63, 3.8) is 0 Å². The number of nitrogens with one attached hydrogen (secondary N) is 2. The van der Waals surface area contributed by atoms with Crippen LogP contribution in [0.5, 0.6) is 0 Å². The Morgan fingerprint density at radius 3 is 2.52 bits per heavy atom. The van der Waals surface area contributed by atoms with E-state index in [4.69, 9.17) is 9.47 Å². The van der Waals surface area contributed by atoms with E-state index in [2.05, 4.69) is 45.3 Å². The first-order chi connectivity index (χ1) is 11.6. The average Bonchev–Trinajstić information content (AvgIpc) is 2.93. The SMILES string of the molecule is COC(=O)c1cc(C(C)(C)C)sc1NC(=O)NCCCOCC(C)C. The van der Waals surface area contributed by atoms with Crippen LogP contribution in [-0.2, 0) is 14.9 Å². The second kappa shape index (κ2) is 9.77. The highest BCUT2D eigenvalue weighted by Crippen LogP contribution is 2.36. The van der Waals surface area contributed by atoms with E-state index in [-0.39, 0.29) is 11.4 Å². The Bertz CT molecular complexity index is 576. The Labute approximate surface area is 154 Å². The molecule has 0 radical (unpaired) electrons. The van der Waals surface area contributed by atoms with Crippen LogP contribution >= 0.6 is 11.3 Å². The lowest BCUT2D eigenvalue weighted by molar-refractivity contribution is 0.0602. The van der Waals surface area contributed by atoms with Gasteiger partial charge in [-0.2, -0.15) is 0 Å². The van der Waals surface area contributed by atoms with Crippen LogP contribution < -0.4 is 10.6 Å². The van der Waals surface area contributed by atoms with Gasteiger partial charge in [-0.25, -0.2) is 9.59 Å². The van der Waals surface area contributed by atoms with Gasteiger partial charge in [0.1, 0.15) is 5.00 Å². The van der Waals surface area contributed by atoms with Crippen molar-refractivity contribution in [2.75, 3.05) is 32.2 Å². The van der Waals surface area contributed by atoms with Crippen molar-refractivity contribution in [2.45, 2.75) is 46.5 Å². The second-order valence-corrected chi connectivity index (χ2v) is 8.35. The van der Waals surface area contributed by atoms with Gasteiger partial charge >= 0.3 is 12.0 Å². The van der Waals surface area contributed by atoms with E-state index < -0.39 is 5.97 Å². The first-order valence-corrected chi connectivity index (χ1v) is 9.32. The summed E-state index contributed by atoms with van der Waals surface area (Å²) in [4.78, 5) is 25.0. The summed E-state index contributed by atoms with van der Waals surface area (Å²) in [5.74, 6) is 0.0491. The summed E-state index contributed by atoms with van der Waals surface area (Å²) in [6, 6.07) is 1.45. The second-order valence-electron chi connectivity index (χ2n) is 7.30. The number of thiophene rings is 1. The highest BCUT2D eigenvalue weighted by atomic mass is 32.1. The number of anilines is 1. The maximum absolute atomic E-state index is 12.1. The highest BCUT2D eigenvalue weighted by molar-refractivity contribution is 7.16. The summed E-state index contributed by atoms with van der Waals surface area (Å²) in [6.45, 7) is 12.2. The molecule has 25 heavy (non-hydrogen) atoms. The normalized spacial score (nSPS) is 11.5. The largest absolute Gasteiger partial charge is 0.465 e. The molecular weight excluding hydrogens is 340 g/mol. The number of methoxy groups -OCH3 is 1. The Kier molecular flexibility index (Phi) is 8.38. The third-order valence-corrected chi connectivity index (χ3v) is 4.78. The summed E-state index contributed by atoms with van der Waals surface area (Å²) in [5.41, 5.74) is 0.269. The van der Waals surface area contributed by atoms with Crippen molar-refractivity contribution < 1.29 is 19.1 Å². The number of rotatable bonds is 8. The minimum atomic E-state index is -0.455. The molecule has 0 aromatic carbocycles. The zero-order valence-electron chi connectivity index (χ0n) is 16.0. The van der Waals surface area contributed by atoms with E-state index in [0.29, 0.717) is 29.6 Å². The number of hydrogen-bond acceptors (Lipinski definition) is 5. The summed E-state index contributed by atoms with van der Waals surface area (Å²) < 4.78 is 10.3. The number of hydrogen-bond donors (Lipinski definition) is 2. The molecule has 0 aliphatic heterocycles. The lowest BCUT2D eigenvalue weighted by Gasteiger charge is -2.15. The predicted molar refractivity (Wildman–Crippen MR) is 102 cm³/mol. The zero-order chi connectivity index (χ0) is 19.0. The van der Waals surface area contributed by atoms with Gasteiger partial charge in [0, 0.05) is 24.6 Å². The van der Waals surface area contributed by atoms with Crippen LogP contribution in [0.25, 0.3) is 0 Å². The molecule has 0 spiro atoms. The molecule has 1 rings (SSSR count). The Balaban J connectivity index is 2.58. The van der Waals surface area contributed by atoms with E-state index in [9.17, 15) is 9.59 Å². The first-order valence-electron chi connectivity index (χ1n) is 8.50. The van der Waals surface area contributed by atoms with Crippen LogP contribution in [0.1, 0.15) is 56.3 Å². The number of urea groups is 1. The summed E-state index contributed by atoms with van der Waals surface area (Å²) in [5, 5.41) is 6.04. The van der Waals surface area contributed by atoms with Gasteiger partial charge in [0.15, 0.2) is 0 Å². The fraction of sp³-hybridized carbons (Fsp3) is 0.667. The fourth-order valence-electron chi connectivity index (χ4n) is 1.96. The quantitative estimate of drug-likeness (QED) is 0.535. The molecule has 6 nitrogen and oxygen atoms in total. The Hall–Kier alpha value is -1.60. The van der Waals surface area contributed by atoms with Gasteiger partial charge in [-0.3, -0.25) is 5.32 Å². The zero-order valence-corrected chi connectivity index (χ0v) is 16.8. The van der Waals surface area contributed by atoms with Crippen molar-refractivity contribution in [3.8, 4) is 0 Å². The minimum Gasteiger partial charge on any atom is -0.465 e. The van der Waals surface area contributed by atoms with Gasteiger partial charge in [-0.15, -0.1) is 11.3 Å². The van der Waals surface area contributed by atoms with E-state index >= 15 is 0 Å². The van der Waals surface area contributed by atoms with E-state index in [1.807, 2.05) is 0 Å². The fourth-order valence-corrected chi connectivity index (χ4v) is 3.06. The molecule has 142 valence electrons. The van der Waals surface area contributed by atoms with Gasteiger partial charge in [-0.1, -0.05) is 34.6 Å². The molecule has 1 heterocycles. The van der Waals surface area contributed by atoms with Gasteiger partial charge < -0.3 is 14.8 Å². The van der Waals surface area contributed by atoms with Gasteiger partial charge in [0.05, 0.1) is 12.7 Å². The number of amides is 2. The van der Waals surface area contributed by atoms with E-state index in [1.54, 1.807) is 6.07 Å². The molecule has 7 heteroatoms. The standard InChI is InChI=1S/C18H30N2O4S/c1-12(2)11-24-9-7-8-19-17(22)20-15-13(16(21)23-6)10-14(25-15)18(3,4)5/h10,12H,7-9,11H2,1-6H3,(H2,19,20,22). The molecule has 0 aliphatic carbocycles. The average molecular weight is 371 g/mol. The Morgan fingerprint density at radius 1 is 1.28 bits per heavy atom. The van der Waals surface area contributed by atoms with Crippen LogP contribution in [-0.4, -0.2) is 38.9 Å². The molecule has 1 aromatic heterocycles. The van der Waals surface area contributed by atoms with Crippen LogP contribution in [0.2, 0.25) is 0 Å². The number of carbonyl (C=O) groups excluding carboxylic acids is 2. The van der Waals surface area contributed by atoms with E-state index in [0.717, 1.165) is 17.9 Å². The predicted octanol–water partition coefficient (Wildman–Crippen LogP) is 4.02. The molecular formula is C18H30N2O4S. The monoisotopic (exact) mass is 370 g/mol. The van der Waals surface area contributed by atoms with E-state index in [1.165, 1.54) is 18.4 Å². The van der Waals surface area contributed by atoms with Crippen LogP contribution in [0.3, 0.4) is 0 Å². The summed E-state index contributed by atoms with van der Waals surface area (Å²) >= 11 is 1.39. The molecule has 0 saturated carbocycles. The Morgan fingerprint density at radius 2 is 1.96 bits per heavy atom. The van der Waals surface area contributed by atoms with Crippen LogP contribution in [0.4, 0.5) is 9.80 Å². The first kappa shape index (κ1) is 21.4. The molecule has 2 N–H and O–H groups in total. The molecule has 0 fully saturated rings. The smallest absolute Gasteiger partial charge is 0.340 e. The molecule has 2 amide bonds. The van der Waals surface area contributed by atoms with Crippen molar-refractivity contribution in [2.24, 2.45) is 5.92 Å². The molecule has 0 unspecified atom stereocenters. The maximum atomic E-state index is 12.1. The molecule has 0 bridgehead atoms. The number of esters is 1. The molecule has 0 atom stereocenters. The minimum absolute atomic E-state index is 0.113. The van der Waals surface area contributed by atoms with Crippen molar-refractivity contribution in [1.82, 2.24) is 5.32 Å². The lowest BCUT2D eigenvalue weighted by atomic mass is 9.94. The third-order valence-electron chi connectivity index (χ3n) is 3.31. The van der Waals surface area contributed by atoms with Gasteiger partial charge in [0.25, 0.3) is 0 Å². The van der Waals surface area contributed by atoms with Crippen LogP contribution in [0.15, 0.2) is 6.07 Å².